The summed E-state index contributed by atoms with van der Waals surface area (Å²) in [6.07, 6.45) is 4.31. The van der Waals surface area contributed by atoms with E-state index in [2.05, 4.69) is 18.1 Å². The molecule has 0 saturated carbocycles. The van der Waals surface area contributed by atoms with Crippen LogP contribution in [0.3, 0.4) is 0 Å². The lowest BCUT2D eigenvalue weighted by Crippen LogP contribution is -2.57. The molecule has 0 aromatic heterocycles. The highest BCUT2D eigenvalue weighted by molar-refractivity contribution is 6.03. The van der Waals surface area contributed by atoms with Crippen LogP contribution in [0, 0.1) is 11.8 Å². The van der Waals surface area contributed by atoms with Gasteiger partial charge in [0, 0.05) is 58.1 Å². The van der Waals surface area contributed by atoms with Gasteiger partial charge in [-0.15, -0.1) is 13.2 Å². The maximum atomic E-state index is 14.5. The summed E-state index contributed by atoms with van der Waals surface area (Å²) in [5.41, 5.74) is -0.434. The Morgan fingerprint density at radius 3 is 2.50 bits per heavy atom. The first-order valence-corrected chi connectivity index (χ1v) is 15.8. The maximum Gasteiger partial charge on any atom is 0.248 e. The number of nitrogens with zero attached hydrogens (tertiary/aromatic N) is 4. The first kappa shape index (κ1) is 32.2. The van der Waals surface area contributed by atoms with E-state index in [0.29, 0.717) is 70.2 Å². The summed E-state index contributed by atoms with van der Waals surface area (Å²) in [5, 5.41) is 9.67. The lowest BCUT2D eigenvalue weighted by Gasteiger charge is -2.37. The monoisotopic (exact) mass is 610 g/mol. The van der Waals surface area contributed by atoms with Crippen molar-refractivity contribution >= 4 is 23.4 Å². The van der Waals surface area contributed by atoms with Gasteiger partial charge in [-0.2, -0.15) is 0 Å². The standard InChI is InChI=1S/C33H46N4O7/c1-4-14-35(18-17-34-19-22-42-23-20-34)32(41)29-33-13-12-26(44-33)27(28(33)31(40)37(29)16-7-21-38)30(39)36(15-5-2)24-8-10-25(11-9-24)43-6-3/h4-5,8-11,26-29,38H,1-2,6-7,12-23H2,3H3/t26-,27+,28+,29?,33?/m1/s1. The number of anilines is 1. The first-order chi connectivity index (χ1) is 21.4. The van der Waals surface area contributed by atoms with Gasteiger partial charge in [0.2, 0.25) is 17.7 Å². The predicted molar refractivity (Wildman–Crippen MR) is 165 cm³/mol. The fraction of sp³-hybridized carbons (Fsp3) is 0.606. The second-order valence-corrected chi connectivity index (χ2v) is 11.9. The number of fused-ring (bicyclic) bond motifs is 1. The number of carbonyl (C=O) groups excluding carboxylic acids is 3. The van der Waals surface area contributed by atoms with Crippen LogP contribution in [0.25, 0.3) is 0 Å². The lowest BCUT2D eigenvalue weighted by molar-refractivity contribution is -0.148. The molecule has 1 aromatic carbocycles. The van der Waals surface area contributed by atoms with Crippen molar-refractivity contribution in [2.75, 3.05) is 77.1 Å². The van der Waals surface area contributed by atoms with Crippen LogP contribution in [-0.4, -0.2) is 128 Å². The molecule has 1 aromatic rings. The van der Waals surface area contributed by atoms with Crippen LogP contribution in [0.2, 0.25) is 0 Å². The Morgan fingerprint density at radius 1 is 1.11 bits per heavy atom. The van der Waals surface area contributed by atoms with Gasteiger partial charge in [0.15, 0.2) is 0 Å². The van der Waals surface area contributed by atoms with E-state index in [0.717, 1.165) is 13.1 Å². The summed E-state index contributed by atoms with van der Waals surface area (Å²) in [4.78, 5) is 50.3. The molecule has 1 N–H and O–H groups in total. The van der Waals surface area contributed by atoms with Crippen LogP contribution in [0.1, 0.15) is 26.2 Å². The second-order valence-electron chi connectivity index (χ2n) is 11.9. The average molecular weight is 611 g/mol. The van der Waals surface area contributed by atoms with Crippen molar-refractivity contribution in [1.29, 1.82) is 0 Å². The number of benzene rings is 1. The SMILES string of the molecule is C=CCN(CCN1CCOCC1)C(=O)C1N(CCCO)C(=O)[C@@H]2[C@@H](C(=O)N(CC=C)c3ccc(OCC)cc3)[C@H]3CCC12O3. The molecule has 3 amide bonds. The highest BCUT2D eigenvalue weighted by Gasteiger charge is 2.74. The largest absolute Gasteiger partial charge is 0.494 e. The number of hydrogen-bond acceptors (Lipinski definition) is 8. The smallest absolute Gasteiger partial charge is 0.248 e. The number of aliphatic hydroxyl groups is 1. The molecule has 5 atom stereocenters. The van der Waals surface area contributed by atoms with E-state index in [1.807, 2.05) is 31.2 Å². The molecule has 44 heavy (non-hydrogen) atoms. The van der Waals surface area contributed by atoms with Crippen LogP contribution in [0.15, 0.2) is 49.6 Å². The predicted octanol–water partition coefficient (Wildman–Crippen LogP) is 1.71. The number of rotatable bonds is 15. The van der Waals surface area contributed by atoms with Gasteiger partial charge in [0.05, 0.1) is 37.8 Å². The zero-order valence-electron chi connectivity index (χ0n) is 25.8. The van der Waals surface area contributed by atoms with Crippen LogP contribution >= 0.6 is 0 Å². The van der Waals surface area contributed by atoms with Crippen LogP contribution in [-0.2, 0) is 23.9 Å². The normalized spacial score (nSPS) is 27.7. The van der Waals surface area contributed by atoms with E-state index in [1.165, 1.54) is 0 Å². The fourth-order valence-corrected chi connectivity index (χ4v) is 7.42. The number of likely N-dealkylation sites (tertiary alicyclic amines) is 1. The van der Waals surface area contributed by atoms with E-state index in [1.54, 1.807) is 26.9 Å². The molecule has 0 aliphatic carbocycles. The van der Waals surface area contributed by atoms with E-state index in [-0.39, 0.29) is 37.4 Å². The third-order valence-electron chi connectivity index (χ3n) is 9.36. The van der Waals surface area contributed by atoms with Crippen LogP contribution in [0.4, 0.5) is 5.69 Å². The van der Waals surface area contributed by atoms with E-state index in [9.17, 15) is 19.5 Å². The van der Waals surface area contributed by atoms with Crippen molar-refractivity contribution in [3.63, 3.8) is 0 Å². The van der Waals surface area contributed by atoms with Crippen molar-refractivity contribution in [1.82, 2.24) is 14.7 Å². The fourth-order valence-electron chi connectivity index (χ4n) is 7.42. The lowest BCUT2D eigenvalue weighted by atomic mass is 9.70. The molecule has 2 unspecified atom stereocenters. The van der Waals surface area contributed by atoms with Gasteiger partial charge in [0.25, 0.3) is 0 Å². The van der Waals surface area contributed by atoms with Gasteiger partial charge in [-0.25, -0.2) is 0 Å². The summed E-state index contributed by atoms with van der Waals surface area (Å²) in [5.74, 6) is -1.50. The van der Waals surface area contributed by atoms with Crippen molar-refractivity contribution in [3.05, 3.63) is 49.6 Å². The summed E-state index contributed by atoms with van der Waals surface area (Å²) in [7, 11) is 0. The third-order valence-corrected chi connectivity index (χ3v) is 9.36. The topological polar surface area (TPSA) is 112 Å². The summed E-state index contributed by atoms with van der Waals surface area (Å²) >= 11 is 0. The van der Waals surface area contributed by atoms with Gasteiger partial charge in [0.1, 0.15) is 17.4 Å². The zero-order chi connectivity index (χ0) is 31.3. The van der Waals surface area contributed by atoms with Crippen LogP contribution < -0.4 is 9.64 Å². The van der Waals surface area contributed by atoms with Gasteiger partial charge in [-0.3, -0.25) is 19.3 Å². The number of hydrogen-bond donors (Lipinski definition) is 1. The number of ether oxygens (including phenoxy) is 3. The van der Waals surface area contributed by atoms with E-state index >= 15 is 0 Å². The summed E-state index contributed by atoms with van der Waals surface area (Å²) in [6.45, 7) is 14.9. The third kappa shape index (κ3) is 6.02. The average Bonchev–Trinajstić information content (AvgIpc) is 3.68. The van der Waals surface area contributed by atoms with Gasteiger partial charge < -0.3 is 34.0 Å². The Bertz CT molecular complexity index is 1200. The van der Waals surface area contributed by atoms with Gasteiger partial charge in [-0.1, -0.05) is 12.2 Å². The van der Waals surface area contributed by atoms with Gasteiger partial charge in [-0.05, 0) is 50.5 Å². The highest BCUT2D eigenvalue weighted by Crippen LogP contribution is 2.59. The maximum absolute atomic E-state index is 14.5. The minimum absolute atomic E-state index is 0.119. The van der Waals surface area contributed by atoms with Crippen molar-refractivity contribution in [2.45, 2.75) is 43.9 Å². The van der Waals surface area contributed by atoms with Crippen LogP contribution in [0.5, 0.6) is 5.75 Å². The van der Waals surface area contributed by atoms with Crippen molar-refractivity contribution < 1.29 is 33.7 Å². The molecule has 11 nitrogen and oxygen atoms in total. The number of carbonyl (C=O) groups is 3. The molecule has 1 spiro atoms. The van der Waals surface area contributed by atoms with E-state index in [4.69, 9.17) is 14.2 Å². The Balaban J connectivity index is 1.44. The molecule has 4 saturated heterocycles. The molecule has 4 aliphatic heterocycles. The number of morpholine rings is 1. The second kappa shape index (κ2) is 14.2. The summed E-state index contributed by atoms with van der Waals surface area (Å²) in [6, 6.07) is 6.41. The number of aliphatic hydroxyl groups excluding tert-OH is 1. The summed E-state index contributed by atoms with van der Waals surface area (Å²) < 4.78 is 17.7. The minimum atomic E-state index is -1.11. The van der Waals surface area contributed by atoms with Crippen molar-refractivity contribution in [3.8, 4) is 5.75 Å². The Hall–Kier alpha value is -3.25. The molecule has 11 heteroatoms. The first-order valence-electron chi connectivity index (χ1n) is 15.8. The zero-order valence-corrected chi connectivity index (χ0v) is 25.8. The van der Waals surface area contributed by atoms with E-state index < -0.39 is 29.6 Å². The number of amides is 3. The molecule has 4 fully saturated rings. The Labute approximate surface area is 260 Å². The Morgan fingerprint density at radius 2 is 1.84 bits per heavy atom. The molecule has 240 valence electrons. The molecule has 4 aliphatic rings. The molecule has 2 bridgehead atoms. The minimum Gasteiger partial charge on any atom is -0.494 e. The highest BCUT2D eigenvalue weighted by atomic mass is 16.5. The quantitative estimate of drug-likeness (QED) is 0.299. The van der Waals surface area contributed by atoms with Crippen molar-refractivity contribution in [2.24, 2.45) is 11.8 Å². The molecule has 5 rings (SSSR count). The van der Waals surface area contributed by atoms with Gasteiger partial charge >= 0.3 is 0 Å². The Kier molecular flexibility index (Phi) is 10.4. The molecule has 0 radical (unpaired) electrons. The molecular weight excluding hydrogens is 564 g/mol. The molecular formula is C33H46N4O7. The molecule has 4 heterocycles.